The summed E-state index contributed by atoms with van der Waals surface area (Å²) in [6, 6.07) is 0. The molecule has 0 spiro atoms. The Balaban J connectivity index is 2.52. The number of alkyl halides is 1. The monoisotopic (exact) mass is 202 g/mol. The molecular weight excluding hydrogens is 192 g/mol. The molecule has 0 fully saturated rings. The Morgan fingerprint density at radius 1 is 1.60 bits per heavy atom. The van der Waals surface area contributed by atoms with Gasteiger partial charge < -0.3 is 4.79 Å². The van der Waals surface area contributed by atoms with Crippen molar-refractivity contribution in [1.82, 2.24) is 0 Å². The van der Waals surface area contributed by atoms with Crippen molar-refractivity contribution in [3.8, 4) is 0 Å². The van der Waals surface area contributed by atoms with Gasteiger partial charge in [-0.1, -0.05) is 27.6 Å². The van der Waals surface area contributed by atoms with Crippen LogP contribution in [0, 0.1) is 0 Å². The smallest absolute Gasteiger partial charge is 0.137 e. The second-order valence-electron chi connectivity index (χ2n) is 2.56. The Morgan fingerprint density at radius 2 is 2.40 bits per heavy atom. The van der Waals surface area contributed by atoms with Crippen molar-refractivity contribution in [2.75, 3.05) is 0 Å². The maximum absolute atomic E-state index is 10.3. The van der Waals surface area contributed by atoms with E-state index < -0.39 is 0 Å². The maximum atomic E-state index is 10.3. The van der Waals surface area contributed by atoms with Gasteiger partial charge in [0, 0.05) is 0 Å². The van der Waals surface area contributed by atoms with E-state index in [4.69, 9.17) is 0 Å². The minimum Gasteiger partial charge on any atom is -0.302 e. The van der Waals surface area contributed by atoms with Gasteiger partial charge in [-0.15, -0.1) is 0 Å². The highest BCUT2D eigenvalue weighted by Gasteiger charge is 2.10. The Kier molecular flexibility index (Phi) is 3.13. The zero-order chi connectivity index (χ0) is 7.40. The van der Waals surface area contributed by atoms with E-state index >= 15 is 0 Å². The molecule has 0 aromatic rings. The standard InChI is InChI=1S/C8H11BrO/c9-8(6-10)7-4-2-1-3-5-7/h4,6,8H,1-3,5H2/t8-/m1/s1. The fraction of sp³-hybridized carbons (Fsp3) is 0.625. The molecule has 1 nitrogen and oxygen atoms in total. The summed E-state index contributed by atoms with van der Waals surface area (Å²) in [6.45, 7) is 0. The van der Waals surface area contributed by atoms with Crippen LogP contribution < -0.4 is 0 Å². The third-order valence-electron chi connectivity index (χ3n) is 1.80. The maximum Gasteiger partial charge on any atom is 0.137 e. The summed E-state index contributed by atoms with van der Waals surface area (Å²) in [7, 11) is 0. The SMILES string of the molecule is O=C[C@@H](Br)C1=CCCCC1. The first kappa shape index (κ1) is 7.99. The van der Waals surface area contributed by atoms with Gasteiger partial charge in [0.2, 0.25) is 0 Å². The summed E-state index contributed by atoms with van der Waals surface area (Å²) in [4.78, 5) is 10.3. The van der Waals surface area contributed by atoms with Crippen LogP contribution in [0.25, 0.3) is 0 Å². The topological polar surface area (TPSA) is 17.1 Å². The summed E-state index contributed by atoms with van der Waals surface area (Å²) < 4.78 is 0. The average molecular weight is 203 g/mol. The van der Waals surface area contributed by atoms with E-state index in [0.29, 0.717) is 0 Å². The molecule has 1 aliphatic carbocycles. The molecule has 1 atom stereocenters. The van der Waals surface area contributed by atoms with Crippen molar-refractivity contribution in [3.05, 3.63) is 11.6 Å². The molecule has 0 amide bonds. The van der Waals surface area contributed by atoms with Crippen LogP contribution in [0.3, 0.4) is 0 Å². The average Bonchev–Trinajstić information content (AvgIpc) is 2.05. The van der Waals surface area contributed by atoms with Crippen molar-refractivity contribution in [1.29, 1.82) is 0 Å². The zero-order valence-electron chi connectivity index (χ0n) is 5.85. The van der Waals surface area contributed by atoms with Gasteiger partial charge in [-0.3, -0.25) is 0 Å². The molecule has 0 aromatic heterocycles. The normalized spacial score (nSPS) is 21.5. The minimum absolute atomic E-state index is 0.0206. The summed E-state index contributed by atoms with van der Waals surface area (Å²) in [5.74, 6) is 0. The van der Waals surface area contributed by atoms with Crippen LogP contribution in [0.1, 0.15) is 25.7 Å². The molecule has 0 aliphatic heterocycles. The van der Waals surface area contributed by atoms with E-state index in [1.807, 2.05) is 0 Å². The number of halogens is 1. The molecule has 1 aliphatic rings. The highest BCUT2D eigenvalue weighted by molar-refractivity contribution is 9.10. The van der Waals surface area contributed by atoms with Crippen LogP contribution in [0.2, 0.25) is 0 Å². The van der Waals surface area contributed by atoms with Crippen LogP contribution in [0.5, 0.6) is 0 Å². The molecule has 0 bridgehead atoms. The number of hydrogen-bond acceptors (Lipinski definition) is 1. The van der Waals surface area contributed by atoms with Crippen molar-refractivity contribution in [2.45, 2.75) is 30.5 Å². The van der Waals surface area contributed by atoms with Gasteiger partial charge in [0.25, 0.3) is 0 Å². The number of hydrogen-bond donors (Lipinski definition) is 0. The van der Waals surface area contributed by atoms with Gasteiger partial charge in [-0.25, -0.2) is 0 Å². The third-order valence-corrected chi connectivity index (χ3v) is 2.60. The van der Waals surface area contributed by atoms with E-state index in [-0.39, 0.29) is 4.83 Å². The first-order chi connectivity index (χ1) is 4.84. The molecule has 0 radical (unpaired) electrons. The zero-order valence-corrected chi connectivity index (χ0v) is 7.43. The Bertz CT molecular complexity index is 151. The lowest BCUT2D eigenvalue weighted by atomic mass is 9.98. The van der Waals surface area contributed by atoms with Gasteiger partial charge in [0.15, 0.2) is 0 Å². The minimum atomic E-state index is -0.0206. The van der Waals surface area contributed by atoms with Crippen LogP contribution in [0.4, 0.5) is 0 Å². The van der Waals surface area contributed by atoms with Crippen molar-refractivity contribution < 1.29 is 4.79 Å². The van der Waals surface area contributed by atoms with E-state index in [2.05, 4.69) is 22.0 Å². The van der Waals surface area contributed by atoms with E-state index in [0.717, 1.165) is 19.1 Å². The fourth-order valence-electron chi connectivity index (χ4n) is 1.20. The number of allylic oxidation sites excluding steroid dienone is 2. The summed E-state index contributed by atoms with van der Waals surface area (Å²) in [5, 5.41) is 0. The van der Waals surface area contributed by atoms with Crippen LogP contribution >= 0.6 is 15.9 Å². The highest BCUT2D eigenvalue weighted by Crippen LogP contribution is 2.23. The summed E-state index contributed by atoms with van der Waals surface area (Å²) in [6.07, 6.45) is 7.89. The molecule has 0 saturated heterocycles. The Morgan fingerprint density at radius 3 is 2.90 bits per heavy atom. The molecule has 10 heavy (non-hydrogen) atoms. The Hall–Kier alpha value is -0.110. The second kappa shape index (κ2) is 3.91. The lowest BCUT2D eigenvalue weighted by Gasteiger charge is -2.13. The van der Waals surface area contributed by atoms with E-state index in [9.17, 15) is 4.79 Å². The molecule has 0 N–H and O–H groups in total. The van der Waals surface area contributed by atoms with Crippen LogP contribution in [0.15, 0.2) is 11.6 Å². The van der Waals surface area contributed by atoms with Crippen LogP contribution in [-0.2, 0) is 4.79 Å². The molecule has 0 heterocycles. The largest absolute Gasteiger partial charge is 0.302 e. The van der Waals surface area contributed by atoms with Crippen molar-refractivity contribution in [2.24, 2.45) is 0 Å². The highest BCUT2D eigenvalue weighted by atomic mass is 79.9. The molecule has 1 rings (SSSR count). The van der Waals surface area contributed by atoms with Crippen molar-refractivity contribution >= 4 is 22.2 Å². The second-order valence-corrected chi connectivity index (χ2v) is 3.55. The number of carbonyl (C=O) groups is 1. The Labute approximate surface area is 69.6 Å². The number of carbonyl (C=O) groups excluding carboxylic acids is 1. The predicted octanol–water partition coefficient (Wildman–Crippen LogP) is 2.45. The molecule has 0 aromatic carbocycles. The van der Waals surface area contributed by atoms with Gasteiger partial charge >= 0.3 is 0 Å². The summed E-state index contributed by atoms with van der Waals surface area (Å²) >= 11 is 3.30. The quantitative estimate of drug-likeness (QED) is 0.382. The first-order valence-electron chi connectivity index (χ1n) is 3.63. The molecule has 0 saturated carbocycles. The van der Waals surface area contributed by atoms with Crippen molar-refractivity contribution in [3.63, 3.8) is 0 Å². The lowest BCUT2D eigenvalue weighted by molar-refractivity contribution is -0.106. The summed E-state index contributed by atoms with van der Waals surface area (Å²) in [5.41, 5.74) is 1.27. The third kappa shape index (κ3) is 1.94. The van der Waals surface area contributed by atoms with Crippen LogP contribution in [-0.4, -0.2) is 11.1 Å². The lowest BCUT2D eigenvalue weighted by Crippen LogP contribution is -2.06. The van der Waals surface area contributed by atoms with Gasteiger partial charge in [-0.05, 0) is 25.7 Å². The number of aldehydes is 1. The van der Waals surface area contributed by atoms with E-state index in [1.54, 1.807) is 0 Å². The van der Waals surface area contributed by atoms with Gasteiger partial charge in [0.1, 0.15) is 6.29 Å². The predicted molar refractivity (Wildman–Crippen MR) is 45.3 cm³/mol. The molecule has 2 heteroatoms. The molecular formula is C8H11BrO. The first-order valence-corrected chi connectivity index (χ1v) is 4.54. The number of rotatable bonds is 2. The fourth-order valence-corrected chi connectivity index (χ4v) is 1.62. The molecule has 0 unspecified atom stereocenters. The van der Waals surface area contributed by atoms with Gasteiger partial charge in [-0.2, -0.15) is 0 Å². The molecule has 56 valence electrons. The van der Waals surface area contributed by atoms with E-state index in [1.165, 1.54) is 18.4 Å². The van der Waals surface area contributed by atoms with Gasteiger partial charge in [0.05, 0.1) is 4.83 Å².